The molecular formula is C15H25N3. The smallest absolute Gasteiger partial charge is 0.0300 e. The minimum atomic E-state index is 0.283. The molecule has 0 aromatic carbocycles. The largest absolute Gasteiger partial charge is 0.312 e. The molecule has 0 aliphatic carbocycles. The molecule has 1 aliphatic rings. The Bertz CT molecular complexity index is 361. The third-order valence-corrected chi connectivity index (χ3v) is 3.93. The Balaban J connectivity index is 1.83. The van der Waals surface area contributed by atoms with Gasteiger partial charge in [0.05, 0.1) is 0 Å². The molecule has 2 rings (SSSR count). The molecule has 3 heteroatoms. The van der Waals surface area contributed by atoms with Crippen LogP contribution in [0.2, 0.25) is 0 Å². The summed E-state index contributed by atoms with van der Waals surface area (Å²) in [4.78, 5) is 6.68. The quantitative estimate of drug-likeness (QED) is 0.883. The highest BCUT2D eigenvalue weighted by atomic mass is 15.1. The standard InChI is InChI=1S/C15H25N3/c1-15(2)11-14(6-9-17-15)18(3)10-7-13-5-4-8-16-12-13/h4-5,8,12,14,17H,6-7,9-11H2,1-3H3. The number of rotatable bonds is 4. The number of hydrogen-bond donors (Lipinski definition) is 1. The van der Waals surface area contributed by atoms with Crippen molar-refractivity contribution in [2.45, 2.75) is 44.7 Å². The summed E-state index contributed by atoms with van der Waals surface area (Å²) in [6.45, 7) is 6.85. The highest BCUT2D eigenvalue weighted by Gasteiger charge is 2.29. The van der Waals surface area contributed by atoms with Crippen molar-refractivity contribution >= 4 is 0 Å². The van der Waals surface area contributed by atoms with Crippen molar-refractivity contribution in [2.24, 2.45) is 0 Å². The molecule has 0 spiro atoms. The van der Waals surface area contributed by atoms with Crippen molar-refractivity contribution in [1.29, 1.82) is 0 Å². The highest BCUT2D eigenvalue weighted by molar-refractivity contribution is 5.08. The lowest BCUT2D eigenvalue weighted by Crippen LogP contribution is -2.52. The molecule has 1 unspecified atom stereocenters. The van der Waals surface area contributed by atoms with E-state index in [1.807, 2.05) is 18.5 Å². The third-order valence-electron chi connectivity index (χ3n) is 3.93. The fourth-order valence-electron chi connectivity index (χ4n) is 2.75. The van der Waals surface area contributed by atoms with Gasteiger partial charge in [0.2, 0.25) is 0 Å². The zero-order valence-electron chi connectivity index (χ0n) is 11.8. The Morgan fingerprint density at radius 1 is 1.50 bits per heavy atom. The van der Waals surface area contributed by atoms with Gasteiger partial charge in [-0.05, 0) is 58.3 Å². The molecule has 1 atom stereocenters. The maximum Gasteiger partial charge on any atom is 0.0300 e. The van der Waals surface area contributed by atoms with E-state index in [9.17, 15) is 0 Å². The van der Waals surface area contributed by atoms with Gasteiger partial charge in [0.1, 0.15) is 0 Å². The lowest BCUT2D eigenvalue weighted by atomic mass is 9.88. The zero-order valence-corrected chi connectivity index (χ0v) is 11.8. The van der Waals surface area contributed by atoms with E-state index in [-0.39, 0.29) is 5.54 Å². The topological polar surface area (TPSA) is 28.2 Å². The zero-order chi connectivity index (χ0) is 13.0. The van der Waals surface area contributed by atoms with Crippen molar-refractivity contribution in [3.05, 3.63) is 30.1 Å². The molecule has 1 saturated heterocycles. The van der Waals surface area contributed by atoms with E-state index < -0.39 is 0 Å². The van der Waals surface area contributed by atoms with Gasteiger partial charge in [-0.25, -0.2) is 0 Å². The molecule has 0 bridgehead atoms. The van der Waals surface area contributed by atoms with Crippen molar-refractivity contribution < 1.29 is 0 Å². The van der Waals surface area contributed by atoms with Crippen LogP contribution in [0.15, 0.2) is 24.5 Å². The van der Waals surface area contributed by atoms with Crippen LogP contribution in [-0.2, 0) is 6.42 Å². The molecule has 3 nitrogen and oxygen atoms in total. The summed E-state index contributed by atoms with van der Waals surface area (Å²) in [6.07, 6.45) is 7.39. The molecule has 1 fully saturated rings. The number of nitrogens with one attached hydrogen (secondary N) is 1. The lowest BCUT2D eigenvalue weighted by molar-refractivity contribution is 0.145. The summed E-state index contributed by atoms with van der Waals surface area (Å²) in [7, 11) is 2.25. The first-order valence-corrected chi connectivity index (χ1v) is 6.91. The van der Waals surface area contributed by atoms with Gasteiger partial charge in [-0.2, -0.15) is 0 Å². The van der Waals surface area contributed by atoms with Crippen molar-refractivity contribution in [3.63, 3.8) is 0 Å². The van der Waals surface area contributed by atoms with Crippen LogP contribution in [0.1, 0.15) is 32.3 Å². The second kappa shape index (κ2) is 5.81. The molecule has 18 heavy (non-hydrogen) atoms. The van der Waals surface area contributed by atoms with Gasteiger partial charge in [0.25, 0.3) is 0 Å². The third kappa shape index (κ3) is 3.79. The Morgan fingerprint density at radius 2 is 2.33 bits per heavy atom. The van der Waals surface area contributed by atoms with E-state index in [0.29, 0.717) is 6.04 Å². The summed E-state index contributed by atoms with van der Waals surface area (Å²) in [5.74, 6) is 0. The second-order valence-electron chi connectivity index (χ2n) is 6.05. The second-order valence-corrected chi connectivity index (χ2v) is 6.05. The van der Waals surface area contributed by atoms with E-state index in [2.05, 4.69) is 42.2 Å². The first-order chi connectivity index (χ1) is 8.57. The van der Waals surface area contributed by atoms with E-state index >= 15 is 0 Å². The summed E-state index contributed by atoms with van der Waals surface area (Å²) in [5, 5.41) is 3.58. The van der Waals surface area contributed by atoms with Gasteiger partial charge >= 0.3 is 0 Å². The van der Waals surface area contributed by atoms with Gasteiger partial charge in [0, 0.05) is 30.5 Å². The van der Waals surface area contributed by atoms with Gasteiger partial charge in [-0.3, -0.25) is 4.98 Å². The molecular weight excluding hydrogens is 222 g/mol. The van der Waals surface area contributed by atoms with Gasteiger partial charge < -0.3 is 10.2 Å². The Kier molecular flexibility index (Phi) is 4.36. The van der Waals surface area contributed by atoms with E-state index in [4.69, 9.17) is 0 Å². The number of likely N-dealkylation sites (N-methyl/N-ethyl adjacent to an activating group) is 1. The summed E-state index contributed by atoms with van der Waals surface area (Å²) < 4.78 is 0. The predicted molar refractivity (Wildman–Crippen MR) is 75.7 cm³/mol. The molecule has 0 saturated carbocycles. The predicted octanol–water partition coefficient (Wildman–Crippen LogP) is 2.09. The van der Waals surface area contributed by atoms with Crippen LogP contribution >= 0.6 is 0 Å². The number of nitrogens with zero attached hydrogens (tertiary/aromatic N) is 2. The molecule has 1 aromatic heterocycles. The Hall–Kier alpha value is -0.930. The minimum Gasteiger partial charge on any atom is -0.312 e. The molecule has 1 aromatic rings. The lowest BCUT2D eigenvalue weighted by Gasteiger charge is -2.40. The monoisotopic (exact) mass is 247 g/mol. The highest BCUT2D eigenvalue weighted by Crippen LogP contribution is 2.22. The molecule has 0 amide bonds. The molecule has 100 valence electrons. The Labute approximate surface area is 111 Å². The van der Waals surface area contributed by atoms with E-state index in [0.717, 1.165) is 19.5 Å². The van der Waals surface area contributed by atoms with Crippen LogP contribution in [0.25, 0.3) is 0 Å². The fraction of sp³-hybridized carbons (Fsp3) is 0.667. The van der Waals surface area contributed by atoms with Crippen LogP contribution in [0.4, 0.5) is 0 Å². The summed E-state index contributed by atoms with van der Waals surface area (Å²) in [6, 6.07) is 4.88. The first-order valence-electron chi connectivity index (χ1n) is 6.91. The molecule has 0 radical (unpaired) electrons. The average Bonchev–Trinajstić information content (AvgIpc) is 2.36. The number of piperidine rings is 1. The molecule has 1 N–H and O–H groups in total. The molecule has 2 heterocycles. The van der Waals surface area contributed by atoms with Crippen LogP contribution in [0.3, 0.4) is 0 Å². The first kappa shape index (κ1) is 13.5. The number of aromatic nitrogens is 1. The van der Waals surface area contributed by atoms with Crippen molar-refractivity contribution in [2.75, 3.05) is 20.1 Å². The van der Waals surface area contributed by atoms with Crippen LogP contribution in [0.5, 0.6) is 0 Å². The SMILES string of the molecule is CN(CCc1cccnc1)C1CCNC(C)(C)C1. The normalized spacial score (nSPS) is 23.2. The molecule has 1 aliphatic heterocycles. The summed E-state index contributed by atoms with van der Waals surface area (Å²) >= 11 is 0. The number of hydrogen-bond acceptors (Lipinski definition) is 3. The van der Waals surface area contributed by atoms with Crippen LogP contribution < -0.4 is 5.32 Å². The fourth-order valence-corrected chi connectivity index (χ4v) is 2.75. The van der Waals surface area contributed by atoms with E-state index in [1.165, 1.54) is 18.4 Å². The van der Waals surface area contributed by atoms with Gasteiger partial charge in [-0.1, -0.05) is 6.07 Å². The van der Waals surface area contributed by atoms with E-state index in [1.54, 1.807) is 0 Å². The minimum absolute atomic E-state index is 0.283. The van der Waals surface area contributed by atoms with Crippen molar-refractivity contribution in [1.82, 2.24) is 15.2 Å². The van der Waals surface area contributed by atoms with Gasteiger partial charge in [0.15, 0.2) is 0 Å². The van der Waals surface area contributed by atoms with Crippen LogP contribution in [-0.4, -0.2) is 41.6 Å². The van der Waals surface area contributed by atoms with Gasteiger partial charge in [-0.15, -0.1) is 0 Å². The maximum absolute atomic E-state index is 4.17. The summed E-state index contributed by atoms with van der Waals surface area (Å²) in [5.41, 5.74) is 1.61. The van der Waals surface area contributed by atoms with Crippen LogP contribution in [0, 0.1) is 0 Å². The maximum atomic E-state index is 4.17. The number of pyridine rings is 1. The van der Waals surface area contributed by atoms with Crippen molar-refractivity contribution in [3.8, 4) is 0 Å². The average molecular weight is 247 g/mol. The Morgan fingerprint density at radius 3 is 3.00 bits per heavy atom.